The van der Waals surface area contributed by atoms with Gasteiger partial charge in [-0.2, -0.15) is 5.10 Å². The second-order valence-electron chi connectivity index (χ2n) is 5.91. The van der Waals surface area contributed by atoms with Crippen molar-refractivity contribution in [3.63, 3.8) is 0 Å². The average molecular weight is 348 g/mol. The van der Waals surface area contributed by atoms with Gasteiger partial charge in [0.2, 0.25) is 0 Å². The summed E-state index contributed by atoms with van der Waals surface area (Å²) in [4.78, 5) is 8.83. The molecule has 3 heterocycles. The van der Waals surface area contributed by atoms with E-state index < -0.39 is 0 Å². The van der Waals surface area contributed by atoms with Gasteiger partial charge in [0.05, 0.1) is 37.1 Å². The van der Waals surface area contributed by atoms with Gasteiger partial charge < -0.3 is 13.9 Å². The Kier molecular flexibility index (Phi) is 4.61. The molecule has 0 bridgehead atoms. The normalized spacial score (nSPS) is 11.1. The molecule has 4 rings (SSSR count). The predicted molar refractivity (Wildman–Crippen MR) is 98.0 cm³/mol. The van der Waals surface area contributed by atoms with Crippen LogP contribution in [0.3, 0.4) is 0 Å². The molecule has 0 fully saturated rings. The van der Waals surface area contributed by atoms with E-state index >= 15 is 0 Å². The first-order valence-corrected chi connectivity index (χ1v) is 8.45. The van der Waals surface area contributed by atoms with Crippen LogP contribution in [-0.4, -0.2) is 42.6 Å². The summed E-state index contributed by atoms with van der Waals surface area (Å²) in [5, 5.41) is 4.47. The second-order valence-corrected chi connectivity index (χ2v) is 5.91. The molecular formula is C19H20N6O. The van der Waals surface area contributed by atoms with Gasteiger partial charge in [-0.05, 0) is 18.2 Å². The van der Waals surface area contributed by atoms with Gasteiger partial charge in [0, 0.05) is 32.2 Å². The Labute approximate surface area is 151 Å². The highest BCUT2D eigenvalue weighted by molar-refractivity contribution is 5.54. The molecule has 0 aliphatic heterocycles. The monoisotopic (exact) mass is 348 g/mol. The summed E-state index contributed by atoms with van der Waals surface area (Å²) < 4.78 is 11.3. The molecule has 0 spiro atoms. The summed E-state index contributed by atoms with van der Waals surface area (Å²) in [6.45, 7) is 2.11. The largest absolute Gasteiger partial charge is 0.383 e. The van der Waals surface area contributed by atoms with E-state index in [0.717, 1.165) is 29.4 Å². The average Bonchev–Trinajstić information content (AvgIpc) is 3.42. The summed E-state index contributed by atoms with van der Waals surface area (Å²) in [7, 11) is 1.70. The fourth-order valence-electron chi connectivity index (χ4n) is 2.96. The van der Waals surface area contributed by atoms with Crippen LogP contribution in [0.15, 0.2) is 67.5 Å². The van der Waals surface area contributed by atoms with Crippen LogP contribution in [-0.2, 0) is 17.8 Å². The fourth-order valence-corrected chi connectivity index (χ4v) is 2.96. The van der Waals surface area contributed by atoms with Crippen molar-refractivity contribution in [2.45, 2.75) is 13.1 Å². The first-order chi connectivity index (χ1) is 12.9. The number of benzene rings is 1. The SMILES string of the molecule is COCCn1cncc1Cn1ccnc1-c1ccnn1-c1ccccc1. The van der Waals surface area contributed by atoms with Crippen LogP contribution >= 0.6 is 0 Å². The van der Waals surface area contributed by atoms with E-state index in [1.807, 2.05) is 66.0 Å². The summed E-state index contributed by atoms with van der Waals surface area (Å²) in [6, 6.07) is 12.0. The molecule has 0 saturated heterocycles. The molecule has 26 heavy (non-hydrogen) atoms. The summed E-state index contributed by atoms with van der Waals surface area (Å²) >= 11 is 0. The zero-order valence-electron chi connectivity index (χ0n) is 14.6. The van der Waals surface area contributed by atoms with Crippen LogP contribution in [0.4, 0.5) is 0 Å². The lowest BCUT2D eigenvalue weighted by atomic mass is 10.3. The van der Waals surface area contributed by atoms with Gasteiger partial charge in [-0.3, -0.25) is 0 Å². The van der Waals surface area contributed by atoms with Gasteiger partial charge in [-0.1, -0.05) is 18.2 Å². The van der Waals surface area contributed by atoms with Gasteiger partial charge in [-0.25, -0.2) is 14.6 Å². The van der Waals surface area contributed by atoms with Crippen molar-refractivity contribution in [1.29, 1.82) is 0 Å². The van der Waals surface area contributed by atoms with Crippen LogP contribution in [0.2, 0.25) is 0 Å². The zero-order chi connectivity index (χ0) is 17.8. The van der Waals surface area contributed by atoms with E-state index in [1.165, 1.54) is 0 Å². The molecule has 0 N–H and O–H groups in total. The lowest BCUT2D eigenvalue weighted by Crippen LogP contribution is -2.11. The quantitative estimate of drug-likeness (QED) is 0.515. The van der Waals surface area contributed by atoms with Crippen LogP contribution in [0, 0.1) is 0 Å². The van der Waals surface area contributed by atoms with Crippen molar-refractivity contribution in [1.82, 2.24) is 28.9 Å². The highest BCUT2D eigenvalue weighted by atomic mass is 16.5. The molecule has 0 unspecified atom stereocenters. The number of para-hydroxylation sites is 1. The van der Waals surface area contributed by atoms with E-state index in [2.05, 4.69) is 24.2 Å². The molecule has 7 nitrogen and oxygen atoms in total. The van der Waals surface area contributed by atoms with Crippen LogP contribution in [0.25, 0.3) is 17.2 Å². The number of hydrogen-bond donors (Lipinski definition) is 0. The minimum atomic E-state index is 0.654. The van der Waals surface area contributed by atoms with Crippen LogP contribution in [0.1, 0.15) is 5.69 Å². The molecule has 3 aromatic heterocycles. The Balaban J connectivity index is 1.65. The van der Waals surface area contributed by atoms with E-state index in [-0.39, 0.29) is 0 Å². The number of methoxy groups -OCH3 is 1. The van der Waals surface area contributed by atoms with Crippen molar-refractivity contribution in [2.75, 3.05) is 13.7 Å². The molecule has 0 atom stereocenters. The molecule has 0 aliphatic carbocycles. The second kappa shape index (κ2) is 7.37. The zero-order valence-corrected chi connectivity index (χ0v) is 14.6. The first kappa shape index (κ1) is 16.3. The molecule has 7 heteroatoms. The Hall–Kier alpha value is -3.19. The van der Waals surface area contributed by atoms with E-state index in [1.54, 1.807) is 13.3 Å². The van der Waals surface area contributed by atoms with E-state index in [4.69, 9.17) is 4.74 Å². The fraction of sp³-hybridized carbons (Fsp3) is 0.211. The topological polar surface area (TPSA) is 62.7 Å². The molecule has 132 valence electrons. The van der Waals surface area contributed by atoms with Gasteiger partial charge in [0.15, 0.2) is 5.82 Å². The van der Waals surface area contributed by atoms with E-state index in [0.29, 0.717) is 13.2 Å². The highest BCUT2D eigenvalue weighted by Gasteiger charge is 2.14. The standard InChI is InChI=1S/C19H20N6O/c1-26-12-11-24-15-20-13-17(24)14-23-10-9-21-19(23)18-7-8-22-25(18)16-5-3-2-4-6-16/h2-10,13,15H,11-12,14H2,1H3. The number of hydrogen-bond acceptors (Lipinski definition) is 4. The van der Waals surface area contributed by atoms with Crippen LogP contribution in [0.5, 0.6) is 0 Å². The van der Waals surface area contributed by atoms with Gasteiger partial charge >= 0.3 is 0 Å². The van der Waals surface area contributed by atoms with Crippen LogP contribution < -0.4 is 0 Å². The molecule has 4 aromatic rings. The third-order valence-electron chi connectivity index (χ3n) is 4.26. The number of nitrogens with zero attached hydrogens (tertiary/aromatic N) is 6. The lowest BCUT2D eigenvalue weighted by Gasteiger charge is -2.12. The Bertz CT molecular complexity index is 969. The number of aromatic nitrogens is 6. The Morgan fingerprint density at radius 2 is 1.92 bits per heavy atom. The van der Waals surface area contributed by atoms with Crippen molar-refractivity contribution < 1.29 is 4.74 Å². The Morgan fingerprint density at radius 1 is 1.04 bits per heavy atom. The summed E-state index contributed by atoms with van der Waals surface area (Å²) in [6.07, 6.45) is 9.30. The molecule has 1 aromatic carbocycles. The minimum absolute atomic E-state index is 0.654. The van der Waals surface area contributed by atoms with Gasteiger partial charge in [-0.15, -0.1) is 0 Å². The number of imidazole rings is 2. The van der Waals surface area contributed by atoms with Crippen molar-refractivity contribution >= 4 is 0 Å². The molecular weight excluding hydrogens is 328 g/mol. The third-order valence-corrected chi connectivity index (χ3v) is 4.26. The predicted octanol–water partition coefficient (Wildman–Crippen LogP) is 2.63. The van der Waals surface area contributed by atoms with Crippen molar-refractivity contribution in [3.8, 4) is 17.2 Å². The third kappa shape index (κ3) is 3.16. The number of rotatable bonds is 7. The first-order valence-electron chi connectivity index (χ1n) is 8.45. The van der Waals surface area contributed by atoms with E-state index in [9.17, 15) is 0 Å². The van der Waals surface area contributed by atoms with Crippen molar-refractivity contribution in [3.05, 3.63) is 73.2 Å². The van der Waals surface area contributed by atoms with Gasteiger partial charge in [0.1, 0.15) is 5.69 Å². The molecule has 0 saturated carbocycles. The maximum absolute atomic E-state index is 5.17. The smallest absolute Gasteiger partial charge is 0.159 e. The van der Waals surface area contributed by atoms with Crippen molar-refractivity contribution in [2.24, 2.45) is 0 Å². The maximum atomic E-state index is 5.17. The molecule has 0 radical (unpaired) electrons. The Morgan fingerprint density at radius 3 is 2.77 bits per heavy atom. The molecule has 0 amide bonds. The lowest BCUT2D eigenvalue weighted by molar-refractivity contribution is 0.186. The van der Waals surface area contributed by atoms with Gasteiger partial charge in [0.25, 0.3) is 0 Å². The minimum Gasteiger partial charge on any atom is -0.383 e. The number of ether oxygens (including phenoxy) is 1. The highest BCUT2D eigenvalue weighted by Crippen LogP contribution is 2.21. The molecule has 0 aliphatic rings. The summed E-state index contributed by atoms with van der Waals surface area (Å²) in [5.41, 5.74) is 3.06. The maximum Gasteiger partial charge on any atom is 0.159 e. The summed E-state index contributed by atoms with van der Waals surface area (Å²) in [5.74, 6) is 0.867.